The molecule has 0 unspecified atom stereocenters. The highest BCUT2D eigenvalue weighted by Gasteiger charge is 2.16. The fourth-order valence-corrected chi connectivity index (χ4v) is 3.00. The predicted octanol–water partition coefficient (Wildman–Crippen LogP) is 3.08. The highest BCUT2D eigenvalue weighted by atomic mass is 127. The molecule has 2 rings (SSSR count). The van der Waals surface area contributed by atoms with Gasteiger partial charge in [-0.1, -0.05) is 12.1 Å². The lowest BCUT2D eigenvalue weighted by Crippen LogP contribution is -2.46. The van der Waals surface area contributed by atoms with Crippen LogP contribution in [0.1, 0.15) is 44.2 Å². The number of benzene rings is 1. The number of carbonyl (C=O) groups excluding carboxylic acids is 1. The molecule has 1 aromatic carbocycles. The Kier molecular flexibility index (Phi) is 11.2. The van der Waals surface area contributed by atoms with E-state index < -0.39 is 0 Å². The number of nitrogens with zero attached hydrogens (tertiary/aromatic N) is 2. The third-order valence-electron chi connectivity index (χ3n) is 4.39. The smallest absolute Gasteiger partial charge is 0.241 e. The normalized spacial score (nSPS) is 14.3. The van der Waals surface area contributed by atoms with Crippen molar-refractivity contribution in [2.24, 2.45) is 4.99 Å². The highest BCUT2D eigenvalue weighted by molar-refractivity contribution is 14.0. The van der Waals surface area contributed by atoms with Gasteiger partial charge in [0.15, 0.2) is 5.96 Å². The van der Waals surface area contributed by atoms with Crippen LogP contribution in [0.25, 0.3) is 0 Å². The maximum Gasteiger partial charge on any atom is 0.241 e. The van der Waals surface area contributed by atoms with Gasteiger partial charge in [0, 0.05) is 25.2 Å². The van der Waals surface area contributed by atoms with Crippen LogP contribution in [-0.2, 0) is 11.3 Å². The van der Waals surface area contributed by atoms with Gasteiger partial charge in [0.1, 0.15) is 5.75 Å². The van der Waals surface area contributed by atoms with Crippen LogP contribution in [0.5, 0.6) is 5.75 Å². The molecule has 7 heteroatoms. The summed E-state index contributed by atoms with van der Waals surface area (Å²) in [7, 11) is 0. The van der Waals surface area contributed by atoms with Crippen LogP contribution >= 0.6 is 24.0 Å². The van der Waals surface area contributed by atoms with Crippen LogP contribution < -0.4 is 15.4 Å². The molecule has 1 aliphatic rings. The molecule has 2 N–H and O–H groups in total. The van der Waals surface area contributed by atoms with Gasteiger partial charge in [0.25, 0.3) is 0 Å². The average Bonchev–Trinajstić information content (AvgIpc) is 2.66. The first kappa shape index (κ1) is 23.5. The lowest BCUT2D eigenvalue weighted by molar-refractivity contribution is -0.130. The first-order chi connectivity index (χ1) is 12.6. The largest absolute Gasteiger partial charge is 0.494 e. The number of ether oxygens (including phenoxy) is 1. The van der Waals surface area contributed by atoms with Crippen molar-refractivity contribution in [3.05, 3.63) is 29.3 Å². The van der Waals surface area contributed by atoms with E-state index in [2.05, 4.69) is 21.7 Å². The van der Waals surface area contributed by atoms with Gasteiger partial charge in [-0.3, -0.25) is 4.79 Å². The van der Waals surface area contributed by atoms with Crippen LogP contribution in [-0.4, -0.2) is 49.6 Å². The summed E-state index contributed by atoms with van der Waals surface area (Å²) >= 11 is 0. The summed E-state index contributed by atoms with van der Waals surface area (Å²) in [4.78, 5) is 18.9. The molecule has 1 heterocycles. The maximum absolute atomic E-state index is 12.3. The van der Waals surface area contributed by atoms with Crippen molar-refractivity contribution in [3.63, 3.8) is 0 Å². The van der Waals surface area contributed by atoms with Gasteiger partial charge in [-0.2, -0.15) is 0 Å². The van der Waals surface area contributed by atoms with E-state index in [0.717, 1.165) is 43.8 Å². The molecule has 0 saturated carbocycles. The predicted molar refractivity (Wildman–Crippen MR) is 121 cm³/mol. The van der Waals surface area contributed by atoms with Gasteiger partial charge in [-0.05, 0) is 51.7 Å². The molecular formula is C20H33IN4O2. The third kappa shape index (κ3) is 7.94. The van der Waals surface area contributed by atoms with Crippen molar-refractivity contribution in [1.29, 1.82) is 0 Å². The molecule has 152 valence electrons. The van der Waals surface area contributed by atoms with Crippen molar-refractivity contribution in [3.8, 4) is 5.75 Å². The summed E-state index contributed by atoms with van der Waals surface area (Å²) in [5.74, 6) is 1.66. The molecule has 1 aromatic rings. The number of aryl methyl sites for hydroxylation is 1. The molecule has 0 aliphatic carbocycles. The number of piperidine rings is 1. The van der Waals surface area contributed by atoms with Gasteiger partial charge < -0.3 is 20.3 Å². The van der Waals surface area contributed by atoms with E-state index in [1.54, 1.807) is 0 Å². The Labute approximate surface area is 180 Å². The van der Waals surface area contributed by atoms with Crippen molar-refractivity contribution in [2.45, 2.75) is 46.6 Å². The lowest BCUT2D eigenvalue weighted by atomic mass is 10.1. The molecule has 1 aliphatic heterocycles. The molecule has 0 bridgehead atoms. The van der Waals surface area contributed by atoms with Gasteiger partial charge in [-0.25, -0.2) is 4.99 Å². The fraction of sp³-hybridized carbons (Fsp3) is 0.600. The maximum atomic E-state index is 12.3. The monoisotopic (exact) mass is 488 g/mol. The number of guanidine groups is 1. The minimum absolute atomic E-state index is 0. The lowest BCUT2D eigenvalue weighted by Gasteiger charge is -2.27. The molecule has 6 nitrogen and oxygen atoms in total. The molecule has 0 aromatic heterocycles. The number of amides is 1. The number of hydrogen-bond acceptors (Lipinski definition) is 3. The van der Waals surface area contributed by atoms with E-state index in [9.17, 15) is 4.79 Å². The summed E-state index contributed by atoms with van der Waals surface area (Å²) in [6.07, 6.45) is 3.43. The van der Waals surface area contributed by atoms with Crippen LogP contribution in [0.3, 0.4) is 0 Å². The van der Waals surface area contributed by atoms with Gasteiger partial charge in [0.2, 0.25) is 5.91 Å². The first-order valence-corrected chi connectivity index (χ1v) is 9.66. The number of nitrogens with one attached hydrogen (secondary N) is 2. The van der Waals surface area contributed by atoms with E-state index >= 15 is 0 Å². The Hall–Kier alpha value is -1.51. The van der Waals surface area contributed by atoms with E-state index in [1.807, 2.05) is 37.8 Å². The molecule has 1 fully saturated rings. The van der Waals surface area contributed by atoms with E-state index in [1.165, 1.54) is 12.0 Å². The fourth-order valence-electron chi connectivity index (χ4n) is 3.00. The van der Waals surface area contributed by atoms with Crippen molar-refractivity contribution in [1.82, 2.24) is 15.5 Å². The first-order valence-electron chi connectivity index (χ1n) is 9.66. The Bertz CT molecular complexity index is 616. The molecule has 27 heavy (non-hydrogen) atoms. The standard InChI is InChI=1S/C20H32N4O2.HI/c1-4-21-20(23-15-19(25)24-11-7-6-8-12-24)22-14-17-10-9-16(3)13-18(17)26-5-2;/h9-10,13H,4-8,11-12,14-15H2,1-3H3,(H2,21,22,23);1H. The molecular weight excluding hydrogens is 455 g/mol. The Morgan fingerprint density at radius 1 is 1.19 bits per heavy atom. The van der Waals surface area contributed by atoms with Gasteiger partial charge in [-0.15, -0.1) is 24.0 Å². The summed E-state index contributed by atoms with van der Waals surface area (Å²) in [6.45, 7) is 9.94. The summed E-state index contributed by atoms with van der Waals surface area (Å²) in [5, 5.41) is 6.36. The number of rotatable bonds is 7. The number of likely N-dealkylation sites (tertiary alicyclic amines) is 1. The molecule has 0 atom stereocenters. The number of hydrogen-bond donors (Lipinski definition) is 2. The van der Waals surface area contributed by atoms with E-state index in [-0.39, 0.29) is 36.4 Å². The van der Waals surface area contributed by atoms with Crippen LogP contribution in [0.15, 0.2) is 23.2 Å². The SMILES string of the molecule is CCNC(=NCc1ccc(C)cc1OCC)NCC(=O)N1CCCCC1.I. The minimum Gasteiger partial charge on any atom is -0.494 e. The number of aliphatic imine (C=N–C) groups is 1. The molecule has 0 spiro atoms. The van der Waals surface area contributed by atoms with Crippen molar-refractivity contribution >= 4 is 35.8 Å². The van der Waals surface area contributed by atoms with Gasteiger partial charge >= 0.3 is 0 Å². The number of halogens is 1. The second-order valence-electron chi connectivity index (χ2n) is 6.53. The summed E-state index contributed by atoms with van der Waals surface area (Å²) < 4.78 is 5.72. The zero-order chi connectivity index (χ0) is 18.8. The Balaban J connectivity index is 0.00000364. The third-order valence-corrected chi connectivity index (χ3v) is 4.39. The van der Waals surface area contributed by atoms with E-state index in [4.69, 9.17) is 4.74 Å². The molecule has 1 amide bonds. The summed E-state index contributed by atoms with van der Waals surface area (Å²) in [5.41, 5.74) is 2.20. The topological polar surface area (TPSA) is 66.0 Å². The zero-order valence-corrected chi connectivity index (χ0v) is 19.0. The van der Waals surface area contributed by atoms with Crippen LogP contribution in [0.2, 0.25) is 0 Å². The van der Waals surface area contributed by atoms with Crippen molar-refractivity contribution in [2.75, 3.05) is 32.8 Å². The summed E-state index contributed by atoms with van der Waals surface area (Å²) in [6, 6.07) is 6.15. The van der Waals surface area contributed by atoms with Crippen molar-refractivity contribution < 1.29 is 9.53 Å². The van der Waals surface area contributed by atoms with Gasteiger partial charge in [0.05, 0.1) is 19.7 Å². The quantitative estimate of drug-likeness (QED) is 0.352. The zero-order valence-electron chi connectivity index (χ0n) is 16.7. The number of carbonyl (C=O) groups is 1. The second-order valence-corrected chi connectivity index (χ2v) is 6.53. The van der Waals surface area contributed by atoms with Crippen LogP contribution in [0.4, 0.5) is 0 Å². The Morgan fingerprint density at radius 3 is 2.59 bits per heavy atom. The molecule has 0 radical (unpaired) electrons. The second kappa shape index (κ2) is 12.8. The highest BCUT2D eigenvalue weighted by Crippen LogP contribution is 2.21. The van der Waals surface area contributed by atoms with Crippen LogP contribution in [0, 0.1) is 6.92 Å². The van der Waals surface area contributed by atoms with E-state index in [0.29, 0.717) is 19.1 Å². The Morgan fingerprint density at radius 2 is 1.93 bits per heavy atom. The average molecular weight is 488 g/mol. The minimum atomic E-state index is 0. The molecule has 1 saturated heterocycles.